The summed E-state index contributed by atoms with van der Waals surface area (Å²) < 4.78 is 0. The second kappa shape index (κ2) is 4.90. The van der Waals surface area contributed by atoms with Crippen molar-refractivity contribution in [2.24, 2.45) is 23.7 Å². The number of carbonyl (C=O) groups is 2. The Kier molecular flexibility index (Phi) is 3.50. The lowest BCUT2D eigenvalue weighted by Gasteiger charge is -2.23. The number of hydrogen-bond acceptors (Lipinski definition) is 2. The number of aliphatic carboxylic acids is 1. The van der Waals surface area contributed by atoms with Crippen LogP contribution in [0.3, 0.4) is 0 Å². The summed E-state index contributed by atoms with van der Waals surface area (Å²) in [7, 11) is 0. The number of amides is 1. The normalized spacial score (nSPS) is 33.9. The number of allylic oxidation sites excluding steroid dienone is 2. The van der Waals surface area contributed by atoms with E-state index in [2.05, 4.69) is 12.2 Å². The summed E-state index contributed by atoms with van der Waals surface area (Å²) in [6.07, 6.45) is 6.76. The van der Waals surface area contributed by atoms with Crippen LogP contribution in [0.15, 0.2) is 12.2 Å². The van der Waals surface area contributed by atoms with Crippen LogP contribution in [0.4, 0.5) is 0 Å². The lowest BCUT2D eigenvalue weighted by molar-refractivity contribution is -0.147. The lowest BCUT2D eigenvalue weighted by Crippen LogP contribution is -2.40. The molecule has 2 aliphatic carbocycles. The van der Waals surface area contributed by atoms with Gasteiger partial charge >= 0.3 is 5.97 Å². The van der Waals surface area contributed by atoms with Crippen molar-refractivity contribution >= 4 is 11.9 Å². The average Bonchev–Trinajstić information content (AvgIpc) is 2.88. The number of carboxylic acid groups (broad SMARTS) is 1. The van der Waals surface area contributed by atoms with Crippen LogP contribution < -0.4 is 5.32 Å². The molecule has 2 bridgehead atoms. The Morgan fingerprint density at radius 2 is 1.94 bits per heavy atom. The Morgan fingerprint density at radius 3 is 2.53 bits per heavy atom. The zero-order valence-electron chi connectivity index (χ0n) is 10.1. The summed E-state index contributed by atoms with van der Waals surface area (Å²) in [6.45, 7) is 2.71. The molecule has 0 aromatic rings. The van der Waals surface area contributed by atoms with Crippen LogP contribution in [0.2, 0.25) is 0 Å². The molecule has 4 heteroatoms. The van der Waals surface area contributed by atoms with Crippen molar-refractivity contribution in [1.82, 2.24) is 5.32 Å². The van der Waals surface area contributed by atoms with E-state index in [1.54, 1.807) is 0 Å². The van der Waals surface area contributed by atoms with Crippen LogP contribution in [0, 0.1) is 23.7 Å². The van der Waals surface area contributed by atoms with Gasteiger partial charge in [0.1, 0.15) is 0 Å². The zero-order chi connectivity index (χ0) is 12.4. The first-order valence-corrected chi connectivity index (χ1v) is 6.34. The highest BCUT2D eigenvalue weighted by atomic mass is 16.4. The summed E-state index contributed by atoms with van der Waals surface area (Å²) in [5.74, 6) is -1.62. The molecule has 17 heavy (non-hydrogen) atoms. The van der Waals surface area contributed by atoms with Gasteiger partial charge in [0.05, 0.1) is 11.8 Å². The van der Waals surface area contributed by atoms with E-state index in [9.17, 15) is 14.7 Å². The number of rotatable bonds is 5. The average molecular weight is 237 g/mol. The number of unbranched alkanes of at least 4 members (excludes halogenated alkanes) is 1. The van der Waals surface area contributed by atoms with Crippen LogP contribution in [0.1, 0.15) is 26.2 Å². The fourth-order valence-electron chi connectivity index (χ4n) is 3.02. The van der Waals surface area contributed by atoms with Gasteiger partial charge in [-0.3, -0.25) is 9.59 Å². The highest BCUT2D eigenvalue weighted by Gasteiger charge is 2.51. The maximum atomic E-state index is 12.0. The molecular weight excluding hydrogens is 218 g/mol. The Bertz CT molecular complexity index is 351. The molecule has 0 aromatic carbocycles. The maximum Gasteiger partial charge on any atom is 0.307 e. The second-order valence-corrected chi connectivity index (χ2v) is 4.98. The number of fused-ring (bicyclic) bond motifs is 2. The fourth-order valence-corrected chi connectivity index (χ4v) is 3.02. The van der Waals surface area contributed by atoms with Crippen LogP contribution in [-0.4, -0.2) is 23.5 Å². The summed E-state index contributed by atoms with van der Waals surface area (Å²) in [6, 6.07) is 0. The third-order valence-electron chi connectivity index (χ3n) is 3.88. The highest BCUT2D eigenvalue weighted by molar-refractivity contribution is 5.86. The SMILES string of the molecule is CCCCNC(=O)[C@@H]1[C@H](C(=O)O)[C@H]2C=C[C@H]1C2. The summed E-state index contributed by atoms with van der Waals surface area (Å²) >= 11 is 0. The molecule has 0 radical (unpaired) electrons. The third-order valence-corrected chi connectivity index (χ3v) is 3.88. The molecule has 0 heterocycles. The van der Waals surface area contributed by atoms with Crippen molar-refractivity contribution < 1.29 is 14.7 Å². The number of nitrogens with one attached hydrogen (secondary N) is 1. The van der Waals surface area contributed by atoms with E-state index in [1.165, 1.54) is 0 Å². The van der Waals surface area contributed by atoms with Crippen molar-refractivity contribution in [2.45, 2.75) is 26.2 Å². The minimum Gasteiger partial charge on any atom is -0.481 e. The first kappa shape index (κ1) is 12.1. The van der Waals surface area contributed by atoms with Gasteiger partial charge in [-0.05, 0) is 24.7 Å². The number of carbonyl (C=O) groups excluding carboxylic acids is 1. The molecule has 4 nitrogen and oxygen atoms in total. The van der Waals surface area contributed by atoms with Gasteiger partial charge in [-0.1, -0.05) is 25.5 Å². The van der Waals surface area contributed by atoms with E-state index >= 15 is 0 Å². The van der Waals surface area contributed by atoms with E-state index in [0.717, 1.165) is 19.3 Å². The predicted octanol–water partition coefficient (Wildman–Crippen LogP) is 1.43. The molecule has 1 fully saturated rings. The van der Waals surface area contributed by atoms with Crippen LogP contribution in [0.25, 0.3) is 0 Å². The van der Waals surface area contributed by atoms with Gasteiger partial charge < -0.3 is 10.4 Å². The predicted molar refractivity (Wildman–Crippen MR) is 63.3 cm³/mol. The summed E-state index contributed by atoms with van der Waals surface area (Å²) in [5, 5.41) is 12.1. The van der Waals surface area contributed by atoms with Gasteiger partial charge in [0.25, 0.3) is 0 Å². The van der Waals surface area contributed by atoms with E-state index in [-0.39, 0.29) is 23.7 Å². The molecule has 4 atom stereocenters. The van der Waals surface area contributed by atoms with E-state index < -0.39 is 11.9 Å². The van der Waals surface area contributed by atoms with Crippen LogP contribution in [0.5, 0.6) is 0 Å². The quantitative estimate of drug-likeness (QED) is 0.561. The third kappa shape index (κ3) is 2.21. The van der Waals surface area contributed by atoms with Gasteiger partial charge in [0, 0.05) is 6.54 Å². The molecular formula is C13H19NO3. The molecule has 0 aromatic heterocycles. The molecule has 0 spiro atoms. The Morgan fingerprint density at radius 1 is 1.29 bits per heavy atom. The largest absolute Gasteiger partial charge is 0.481 e. The zero-order valence-corrected chi connectivity index (χ0v) is 10.1. The van der Waals surface area contributed by atoms with Crippen molar-refractivity contribution in [3.05, 3.63) is 12.2 Å². The topological polar surface area (TPSA) is 66.4 Å². The number of carboxylic acids is 1. The van der Waals surface area contributed by atoms with Gasteiger partial charge in [0.2, 0.25) is 5.91 Å². The summed E-state index contributed by atoms with van der Waals surface area (Å²) in [5.41, 5.74) is 0. The fraction of sp³-hybridized carbons (Fsp3) is 0.692. The van der Waals surface area contributed by atoms with Gasteiger partial charge in [-0.2, -0.15) is 0 Å². The Labute approximate surface area is 101 Å². The standard InChI is InChI=1S/C13H19NO3/c1-2-3-6-14-12(15)10-8-4-5-9(7-8)11(10)13(16)17/h4-5,8-11H,2-3,6-7H2,1H3,(H,14,15)(H,16,17)/t8-,9-,10-,11+/m0/s1. The minimum absolute atomic E-state index is 0.0550. The van der Waals surface area contributed by atoms with Crippen molar-refractivity contribution in [1.29, 1.82) is 0 Å². The summed E-state index contributed by atoms with van der Waals surface area (Å²) in [4.78, 5) is 23.2. The Hall–Kier alpha value is -1.32. The molecule has 0 saturated heterocycles. The number of hydrogen-bond donors (Lipinski definition) is 2. The Balaban J connectivity index is 2.01. The maximum absolute atomic E-state index is 12.0. The minimum atomic E-state index is -0.836. The monoisotopic (exact) mass is 237 g/mol. The van der Waals surface area contributed by atoms with E-state index in [1.807, 2.05) is 12.2 Å². The second-order valence-electron chi connectivity index (χ2n) is 4.98. The van der Waals surface area contributed by atoms with Gasteiger partial charge in [0.15, 0.2) is 0 Å². The van der Waals surface area contributed by atoms with Crippen molar-refractivity contribution in [2.75, 3.05) is 6.54 Å². The molecule has 0 aliphatic heterocycles. The van der Waals surface area contributed by atoms with Crippen LogP contribution in [-0.2, 0) is 9.59 Å². The highest BCUT2D eigenvalue weighted by Crippen LogP contribution is 2.48. The van der Waals surface area contributed by atoms with E-state index in [4.69, 9.17) is 0 Å². The van der Waals surface area contributed by atoms with Crippen molar-refractivity contribution in [3.63, 3.8) is 0 Å². The molecule has 2 rings (SSSR count). The molecule has 0 unspecified atom stereocenters. The molecule has 1 amide bonds. The molecule has 2 aliphatic rings. The molecule has 1 saturated carbocycles. The van der Waals surface area contributed by atoms with Crippen LogP contribution >= 0.6 is 0 Å². The molecule has 2 N–H and O–H groups in total. The van der Waals surface area contributed by atoms with E-state index in [0.29, 0.717) is 6.54 Å². The lowest BCUT2D eigenvalue weighted by atomic mass is 9.82. The molecule has 94 valence electrons. The van der Waals surface area contributed by atoms with Gasteiger partial charge in [-0.25, -0.2) is 0 Å². The smallest absolute Gasteiger partial charge is 0.307 e. The first-order chi connectivity index (χ1) is 8.15. The van der Waals surface area contributed by atoms with Gasteiger partial charge in [-0.15, -0.1) is 0 Å². The first-order valence-electron chi connectivity index (χ1n) is 6.34. The van der Waals surface area contributed by atoms with Crippen molar-refractivity contribution in [3.8, 4) is 0 Å².